The zero-order chi connectivity index (χ0) is 50.3. The number of hydrogen-bond acceptors (Lipinski definition) is 13. The first kappa shape index (κ1) is 63.6. The summed E-state index contributed by atoms with van der Waals surface area (Å²) in [6.45, 7) is 2.78. The minimum Gasteiger partial charge on any atom is -0.394 e. The highest BCUT2D eigenvalue weighted by atomic mass is 16.7. The second-order valence-corrected chi connectivity index (χ2v) is 20.1. The van der Waals surface area contributed by atoms with Crippen LogP contribution < -0.4 is 5.32 Å². The number of unbranched alkanes of at least 4 members (excludes halogenated alkanes) is 29. The Labute approximate surface area is 418 Å². The molecule has 0 saturated carbocycles. The van der Waals surface area contributed by atoms with E-state index in [0.717, 1.165) is 32.1 Å². The van der Waals surface area contributed by atoms with Crippen molar-refractivity contribution in [1.82, 2.24) is 5.32 Å². The van der Waals surface area contributed by atoms with Gasteiger partial charge in [0.05, 0.1) is 32.0 Å². The van der Waals surface area contributed by atoms with Gasteiger partial charge in [0.1, 0.15) is 48.8 Å². The Kier molecular flexibility index (Phi) is 38.6. The van der Waals surface area contributed by atoms with Crippen molar-refractivity contribution in [3.05, 3.63) is 24.3 Å². The molecule has 0 radical (unpaired) electrons. The maximum atomic E-state index is 13.2. The Balaban J connectivity index is 1.80. The number of aliphatic hydroxyl groups excluding tert-OH is 8. The highest BCUT2D eigenvalue weighted by molar-refractivity contribution is 5.76. The topological polar surface area (TPSA) is 228 Å². The van der Waals surface area contributed by atoms with Gasteiger partial charge in [0.2, 0.25) is 5.91 Å². The first-order valence-electron chi connectivity index (χ1n) is 28.1. The number of hydrogen-bond donors (Lipinski definition) is 9. The third kappa shape index (κ3) is 28.5. The van der Waals surface area contributed by atoms with E-state index in [1.807, 2.05) is 6.08 Å². The van der Waals surface area contributed by atoms with Gasteiger partial charge in [-0.2, -0.15) is 0 Å². The lowest BCUT2D eigenvalue weighted by molar-refractivity contribution is -0.359. The van der Waals surface area contributed by atoms with E-state index in [1.54, 1.807) is 6.08 Å². The van der Waals surface area contributed by atoms with Crippen LogP contribution in [0.2, 0.25) is 0 Å². The summed E-state index contributed by atoms with van der Waals surface area (Å²) in [5.74, 6) is -0.248. The van der Waals surface area contributed by atoms with Gasteiger partial charge < -0.3 is 65.1 Å². The molecule has 2 heterocycles. The maximum Gasteiger partial charge on any atom is 0.220 e. The minimum absolute atomic E-state index is 0.248. The summed E-state index contributed by atoms with van der Waals surface area (Å²) in [5.41, 5.74) is 0. The standard InChI is InChI=1S/C55H103NO13/c1-3-5-7-9-11-13-15-17-18-19-20-21-22-23-24-25-27-28-30-32-34-36-38-44(59)43(56-47(60)39-37-35-33-31-29-26-16-14-12-10-8-6-4-2)42-66-54-52(65)50(63)53(46(41-58)68-54)69-55-51(64)49(62)48(61)45(40-57)67-55/h28,30,36,38,43-46,48-55,57-59,61-65H,3-27,29,31-35,37,39-42H2,1-2H3,(H,56,60)/b30-28+,38-36+. The Morgan fingerprint density at radius 3 is 1.42 bits per heavy atom. The number of carbonyl (C=O) groups is 1. The van der Waals surface area contributed by atoms with Gasteiger partial charge in [-0.05, 0) is 32.1 Å². The van der Waals surface area contributed by atoms with Crippen LogP contribution in [0.3, 0.4) is 0 Å². The van der Waals surface area contributed by atoms with Crippen molar-refractivity contribution in [2.24, 2.45) is 0 Å². The fourth-order valence-electron chi connectivity index (χ4n) is 9.31. The van der Waals surface area contributed by atoms with E-state index in [4.69, 9.17) is 18.9 Å². The third-order valence-electron chi connectivity index (χ3n) is 13.9. The molecule has 14 nitrogen and oxygen atoms in total. The summed E-state index contributed by atoms with van der Waals surface area (Å²) in [5, 5.41) is 86.9. The number of allylic oxidation sites excluding steroid dienone is 3. The summed E-state index contributed by atoms with van der Waals surface area (Å²) in [4.78, 5) is 13.2. The lowest BCUT2D eigenvalue weighted by atomic mass is 9.97. The SMILES string of the molecule is CCCCCCCCCCCCCCCCCC/C=C/CC/C=C/C(O)C(COC1OC(CO)C(OC2OC(CO)C(O)C(O)C2O)C(O)C1O)NC(=O)CCCCCCCCCCCCCCC. The fraction of sp³-hybridized carbons (Fsp3) is 0.909. The highest BCUT2D eigenvalue weighted by Crippen LogP contribution is 2.30. The minimum atomic E-state index is -1.79. The molecule has 0 aromatic rings. The van der Waals surface area contributed by atoms with Gasteiger partial charge in [-0.25, -0.2) is 0 Å². The summed E-state index contributed by atoms with van der Waals surface area (Å²) < 4.78 is 22.7. The Hall–Kier alpha value is -1.53. The van der Waals surface area contributed by atoms with Gasteiger partial charge in [0.25, 0.3) is 0 Å². The van der Waals surface area contributed by atoms with Crippen molar-refractivity contribution >= 4 is 5.91 Å². The van der Waals surface area contributed by atoms with Gasteiger partial charge >= 0.3 is 0 Å². The van der Waals surface area contributed by atoms with Crippen LogP contribution in [0, 0.1) is 0 Å². The Bertz CT molecular complexity index is 1260. The lowest BCUT2D eigenvalue weighted by Crippen LogP contribution is -2.65. The predicted octanol–water partition coefficient (Wildman–Crippen LogP) is 8.50. The second kappa shape index (κ2) is 41.9. The molecule has 14 heteroatoms. The van der Waals surface area contributed by atoms with Crippen LogP contribution in [0.5, 0.6) is 0 Å². The fourth-order valence-corrected chi connectivity index (χ4v) is 9.31. The van der Waals surface area contributed by atoms with E-state index in [1.165, 1.54) is 161 Å². The van der Waals surface area contributed by atoms with E-state index >= 15 is 0 Å². The van der Waals surface area contributed by atoms with Gasteiger partial charge in [-0.3, -0.25) is 4.79 Å². The first-order valence-corrected chi connectivity index (χ1v) is 28.1. The van der Waals surface area contributed by atoms with Crippen LogP contribution in [-0.2, 0) is 23.7 Å². The van der Waals surface area contributed by atoms with Crippen molar-refractivity contribution in [3.8, 4) is 0 Å². The van der Waals surface area contributed by atoms with E-state index in [9.17, 15) is 45.6 Å². The number of amides is 1. The molecule has 1 amide bonds. The number of aliphatic hydroxyl groups is 8. The molecule has 0 bridgehead atoms. The number of ether oxygens (including phenoxy) is 4. The summed E-state index contributed by atoms with van der Waals surface area (Å²) in [6, 6.07) is -0.926. The largest absolute Gasteiger partial charge is 0.394 e. The molecule has 0 aliphatic carbocycles. The molecule has 12 unspecified atom stereocenters. The molecule has 0 aromatic carbocycles. The van der Waals surface area contributed by atoms with Crippen LogP contribution in [0.15, 0.2) is 24.3 Å². The molecule has 2 saturated heterocycles. The van der Waals surface area contributed by atoms with Crippen LogP contribution in [-0.4, -0.2) is 140 Å². The van der Waals surface area contributed by atoms with Gasteiger partial charge in [-0.1, -0.05) is 212 Å². The van der Waals surface area contributed by atoms with Gasteiger partial charge in [-0.15, -0.1) is 0 Å². The normalized spacial score (nSPS) is 26.3. The average Bonchev–Trinajstić information content (AvgIpc) is 3.35. The second-order valence-electron chi connectivity index (χ2n) is 20.1. The molecule has 69 heavy (non-hydrogen) atoms. The predicted molar refractivity (Wildman–Crippen MR) is 272 cm³/mol. The molecule has 406 valence electrons. The molecule has 9 N–H and O–H groups in total. The molecular formula is C55H103NO13. The summed E-state index contributed by atoms with van der Waals surface area (Å²) in [6.07, 6.45) is 30.8. The molecule has 2 fully saturated rings. The highest BCUT2D eigenvalue weighted by Gasteiger charge is 2.51. The monoisotopic (exact) mass is 986 g/mol. The van der Waals surface area contributed by atoms with Crippen molar-refractivity contribution in [1.29, 1.82) is 0 Å². The quantitative estimate of drug-likeness (QED) is 0.0206. The Morgan fingerprint density at radius 1 is 0.507 bits per heavy atom. The lowest BCUT2D eigenvalue weighted by Gasteiger charge is -2.46. The van der Waals surface area contributed by atoms with Crippen LogP contribution in [0.4, 0.5) is 0 Å². The summed E-state index contributed by atoms with van der Waals surface area (Å²) >= 11 is 0. The van der Waals surface area contributed by atoms with Crippen LogP contribution in [0.1, 0.15) is 226 Å². The summed E-state index contributed by atoms with van der Waals surface area (Å²) in [7, 11) is 0. The van der Waals surface area contributed by atoms with Gasteiger partial charge in [0.15, 0.2) is 12.6 Å². The molecule has 2 aliphatic rings. The smallest absolute Gasteiger partial charge is 0.220 e. The average molecular weight is 986 g/mol. The Morgan fingerprint density at radius 2 is 0.928 bits per heavy atom. The van der Waals surface area contributed by atoms with Crippen LogP contribution >= 0.6 is 0 Å². The molecule has 12 atom stereocenters. The third-order valence-corrected chi connectivity index (χ3v) is 13.9. The number of nitrogens with one attached hydrogen (secondary N) is 1. The molecule has 0 aromatic heterocycles. The van der Waals surface area contributed by atoms with Crippen molar-refractivity contribution in [2.45, 2.75) is 299 Å². The number of rotatable bonds is 44. The molecule has 2 aliphatic heterocycles. The van der Waals surface area contributed by atoms with Crippen molar-refractivity contribution < 1.29 is 64.6 Å². The molecule has 0 spiro atoms. The zero-order valence-corrected chi connectivity index (χ0v) is 43.3. The molecule has 2 rings (SSSR count). The van der Waals surface area contributed by atoms with E-state index < -0.39 is 86.8 Å². The van der Waals surface area contributed by atoms with Crippen LogP contribution in [0.25, 0.3) is 0 Å². The maximum absolute atomic E-state index is 13.2. The van der Waals surface area contributed by atoms with E-state index in [-0.39, 0.29) is 18.9 Å². The first-order chi connectivity index (χ1) is 33.6. The van der Waals surface area contributed by atoms with Gasteiger partial charge in [0, 0.05) is 6.42 Å². The van der Waals surface area contributed by atoms with Crippen molar-refractivity contribution in [2.75, 3.05) is 19.8 Å². The van der Waals surface area contributed by atoms with E-state index in [0.29, 0.717) is 12.8 Å². The zero-order valence-electron chi connectivity index (χ0n) is 43.3. The van der Waals surface area contributed by atoms with E-state index in [2.05, 4.69) is 31.3 Å². The molecular weight excluding hydrogens is 883 g/mol. The van der Waals surface area contributed by atoms with Crippen molar-refractivity contribution in [3.63, 3.8) is 0 Å². The number of carbonyl (C=O) groups excluding carboxylic acids is 1.